The first-order valence-corrected chi connectivity index (χ1v) is 9.51. The fourth-order valence-corrected chi connectivity index (χ4v) is 4.73. The van der Waals surface area contributed by atoms with Crippen LogP contribution in [-0.4, -0.2) is 25.9 Å². The predicted molar refractivity (Wildman–Crippen MR) is 95.0 cm³/mol. The Morgan fingerprint density at radius 1 is 1.28 bits per heavy atom. The molecule has 1 unspecified atom stereocenters. The second-order valence-corrected chi connectivity index (χ2v) is 7.64. The zero-order chi connectivity index (χ0) is 17.6. The fourth-order valence-electron chi connectivity index (χ4n) is 3.45. The molecule has 4 rings (SSSR count). The smallest absolute Gasteiger partial charge is 0.174 e. The molecule has 2 aromatic heterocycles. The van der Waals surface area contributed by atoms with Crippen LogP contribution in [0.1, 0.15) is 29.8 Å². The number of anilines is 1. The van der Waals surface area contributed by atoms with Gasteiger partial charge in [-0.3, -0.25) is 0 Å². The van der Waals surface area contributed by atoms with Crippen molar-refractivity contribution in [2.45, 2.75) is 42.4 Å². The maximum Gasteiger partial charge on any atom is 0.174 e. The second kappa shape index (κ2) is 6.22. The Bertz CT molecular complexity index is 998. The topological polar surface area (TPSA) is 59.3 Å². The summed E-state index contributed by atoms with van der Waals surface area (Å²) in [5.41, 5.74) is 3.94. The number of halogens is 1. The number of nitrogens with one attached hydrogen (secondary N) is 1. The van der Waals surface area contributed by atoms with Crippen molar-refractivity contribution in [3.8, 4) is 0 Å². The maximum atomic E-state index is 13.6. The SMILES string of the molecule is CNc1nn2c3c(c(C)nc2c1S(=O)c1cccc(F)c1)CCCC3. The molecule has 5 nitrogen and oxygen atoms in total. The Balaban J connectivity index is 1.97. The minimum absolute atomic E-state index is 0.406. The van der Waals surface area contributed by atoms with Gasteiger partial charge in [0, 0.05) is 23.3 Å². The molecule has 25 heavy (non-hydrogen) atoms. The van der Waals surface area contributed by atoms with Gasteiger partial charge in [0.05, 0.1) is 10.8 Å². The van der Waals surface area contributed by atoms with Gasteiger partial charge in [0.2, 0.25) is 0 Å². The van der Waals surface area contributed by atoms with Crippen molar-refractivity contribution in [2.24, 2.45) is 0 Å². The highest BCUT2D eigenvalue weighted by atomic mass is 32.2. The number of nitrogens with zero attached hydrogens (tertiary/aromatic N) is 3. The zero-order valence-corrected chi connectivity index (χ0v) is 15.0. The molecule has 7 heteroatoms. The van der Waals surface area contributed by atoms with Crippen LogP contribution in [0.5, 0.6) is 0 Å². The number of hydrogen-bond donors (Lipinski definition) is 1. The third-order valence-electron chi connectivity index (χ3n) is 4.66. The number of hydrogen-bond acceptors (Lipinski definition) is 4. The third kappa shape index (κ3) is 2.63. The minimum Gasteiger partial charge on any atom is -0.371 e. The van der Waals surface area contributed by atoms with Crippen molar-refractivity contribution in [3.63, 3.8) is 0 Å². The normalized spacial score (nSPS) is 15.2. The molecule has 0 aliphatic heterocycles. The summed E-state index contributed by atoms with van der Waals surface area (Å²) in [6.45, 7) is 1.99. The maximum absolute atomic E-state index is 13.6. The third-order valence-corrected chi connectivity index (χ3v) is 6.08. The molecular weight excluding hydrogens is 339 g/mol. The van der Waals surface area contributed by atoms with Gasteiger partial charge < -0.3 is 5.32 Å². The molecule has 0 radical (unpaired) electrons. The van der Waals surface area contributed by atoms with Crippen molar-refractivity contribution in [1.29, 1.82) is 0 Å². The molecule has 3 aromatic rings. The van der Waals surface area contributed by atoms with Gasteiger partial charge in [0.1, 0.15) is 10.7 Å². The molecule has 1 N–H and O–H groups in total. The van der Waals surface area contributed by atoms with Gasteiger partial charge in [-0.05, 0) is 56.4 Å². The number of fused-ring (bicyclic) bond motifs is 3. The van der Waals surface area contributed by atoms with E-state index in [-0.39, 0.29) is 0 Å². The average molecular weight is 358 g/mol. The van der Waals surface area contributed by atoms with Gasteiger partial charge >= 0.3 is 0 Å². The monoisotopic (exact) mass is 358 g/mol. The summed E-state index contributed by atoms with van der Waals surface area (Å²) in [4.78, 5) is 5.61. The number of benzene rings is 1. The van der Waals surface area contributed by atoms with Gasteiger partial charge in [0.15, 0.2) is 11.5 Å². The average Bonchev–Trinajstić information content (AvgIpc) is 3.00. The van der Waals surface area contributed by atoms with Crippen LogP contribution in [0.2, 0.25) is 0 Å². The summed E-state index contributed by atoms with van der Waals surface area (Å²) in [5, 5.41) is 7.63. The minimum atomic E-state index is -1.57. The molecule has 1 atom stereocenters. The molecule has 2 heterocycles. The van der Waals surface area contributed by atoms with Crippen molar-refractivity contribution >= 4 is 22.3 Å². The summed E-state index contributed by atoms with van der Waals surface area (Å²) < 4.78 is 28.5. The molecule has 1 aliphatic rings. The van der Waals surface area contributed by atoms with E-state index < -0.39 is 16.6 Å². The largest absolute Gasteiger partial charge is 0.371 e. The molecule has 0 spiro atoms. The lowest BCUT2D eigenvalue weighted by Crippen LogP contribution is -2.13. The Kier molecular flexibility index (Phi) is 4.03. The van der Waals surface area contributed by atoms with Crippen LogP contribution in [0, 0.1) is 12.7 Å². The van der Waals surface area contributed by atoms with Crippen molar-refractivity contribution in [3.05, 3.63) is 47.0 Å². The van der Waals surface area contributed by atoms with Gasteiger partial charge in [-0.15, -0.1) is 5.10 Å². The molecular formula is C18H19FN4OS. The van der Waals surface area contributed by atoms with E-state index >= 15 is 0 Å². The summed E-state index contributed by atoms with van der Waals surface area (Å²) in [5.74, 6) is 0.114. The number of aryl methyl sites for hydroxylation is 2. The highest BCUT2D eigenvalue weighted by molar-refractivity contribution is 7.85. The van der Waals surface area contributed by atoms with Crippen LogP contribution >= 0.6 is 0 Å². The Labute approximate surface area is 147 Å². The lowest BCUT2D eigenvalue weighted by molar-refractivity contribution is 0.622. The Morgan fingerprint density at radius 3 is 2.84 bits per heavy atom. The predicted octanol–water partition coefficient (Wildman–Crippen LogP) is 3.26. The molecule has 0 saturated carbocycles. The van der Waals surface area contributed by atoms with Crippen LogP contribution in [0.3, 0.4) is 0 Å². The van der Waals surface area contributed by atoms with Crippen LogP contribution in [-0.2, 0) is 23.6 Å². The van der Waals surface area contributed by atoms with Crippen molar-refractivity contribution < 1.29 is 8.60 Å². The number of aromatic nitrogens is 3. The van der Waals surface area contributed by atoms with E-state index in [0.717, 1.165) is 37.1 Å². The second-order valence-electron chi connectivity index (χ2n) is 6.22. The highest BCUT2D eigenvalue weighted by Gasteiger charge is 2.25. The highest BCUT2D eigenvalue weighted by Crippen LogP contribution is 2.31. The quantitative estimate of drug-likeness (QED) is 0.781. The lowest BCUT2D eigenvalue weighted by Gasteiger charge is -2.18. The van der Waals surface area contributed by atoms with Gasteiger partial charge in [-0.25, -0.2) is 18.1 Å². The van der Waals surface area contributed by atoms with Crippen molar-refractivity contribution in [1.82, 2.24) is 14.6 Å². The van der Waals surface area contributed by atoms with Crippen LogP contribution in [0.25, 0.3) is 5.65 Å². The molecule has 0 saturated heterocycles. The van der Waals surface area contributed by atoms with E-state index in [9.17, 15) is 8.60 Å². The van der Waals surface area contributed by atoms with Crippen LogP contribution in [0.4, 0.5) is 10.2 Å². The van der Waals surface area contributed by atoms with Crippen LogP contribution < -0.4 is 5.32 Å². The Morgan fingerprint density at radius 2 is 2.08 bits per heavy atom. The standard InChI is InChI=1S/C18H19FN4OS/c1-11-14-8-3-4-9-15(14)23-18(21-11)16(17(20-2)22-23)25(24)13-7-5-6-12(19)10-13/h5-7,10H,3-4,8-9H2,1-2H3,(H,20,22). The summed E-state index contributed by atoms with van der Waals surface area (Å²) in [6.07, 6.45) is 4.21. The van der Waals surface area contributed by atoms with E-state index in [4.69, 9.17) is 4.98 Å². The summed E-state index contributed by atoms with van der Waals surface area (Å²) in [6, 6.07) is 5.86. The van der Waals surface area contributed by atoms with Gasteiger partial charge in [-0.2, -0.15) is 0 Å². The zero-order valence-electron chi connectivity index (χ0n) is 14.2. The molecule has 0 amide bonds. The van der Waals surface area contributed by atoms with Gasteiger partial charge in [-0.1, -0.05) is 6.07 Å². The van der Waals surface area contributed by atoms with E-state index in [2.05, 4.69) is 10.4 Å². The Hall–Kier alpha value is -2.28. The molecule has 0 bridgehead atoms. The van der Waals surface area contributed by atoms with E-state index in [0.29, 0.717) is 21.3 Å². The molecule has 1 aromatic carbocycles. The van der Waals surface area contributed by atoms with Crippen molar-refractivity contribution in [2.75, 3.05) is 12.4 Å². The number of rotatable bonds is 3. The van der Waals surface area contributed by atoms with Gasteiger partial charge in [0.25, 0.3) is 0 Å². The molecule has 130 valence electrons. The first-order valence-electron chi connectivity index (χ1n) is 8.36. The summed E-state index contributed by atoms with van der Waals surface area (Å²) in [7, 11) is 0.174. The summed E-state index contributed by atoms with van der Waals surface area (Å²) >= 11 is 0. The first kappa shape index (κ1) is 16.2. The first-order chi connectivity index (χ1) is 12.1. The molecule has 1 aliphatic carbocycles. The molecule has 0 fully saturated rings. The van der Waals surface area contributed by atoms with Crippen LogP contribution in [0.15, 0.2) is 34.1 Å². The van der Waals surface area contributed by atoms with E-state index in [1.807, 2.05) is 11.4 Å². The lowest BCUT2D eigenvalue weighted by atomic mass is 9.95. The van der Waals surface area contributed by atoms with E-state index in [1.54, 1.807) is 19.2 Å². The fraction of sp³-hybridized carbons (Fsp3) is 0.333. The van der Waals surface area contributed by atoms with E-state index in [1.165, 1.54) is 17.7 Å².